The van der Waals surface area contributed by atoms with Crippen LogP contribution in [0.5, 0.6) is 11.5 Å². The lowest BCUT2D eigenvalue weighted by Crippen LogP contribution is -2.44. The number of ether oxygens (including phenoxy) is 1. The van der Waals surface area contributed by atoms with Gasteiger partial charge in [-0.25, -0.2) is 0 Å². The number of hydrogen-bond acceptors (Lipinski definition) is 6. The highest BCUT2D eigenvalue weighted by atomic mass is 16.5. The molecule has 4 rings (SSSR count). The van der Waals surface area contributed by atoms with Crippen molar-refractivity contribution in [3.05, 3.63) is 72.4 Å². The number of nitrogens with one attached hydrogen (secondary N) is 1. The summed E-state index contributed by atoms with van der Waals surface area (Å²) in [5, 5.41) is 11.2. The number of para-hydroxylation sites is 3. The fourth-order valence-electron chi connectivity index (χ4n) is 3.11. The first-order valence-electron chi connectivity index (χ1n) is 9.59. The molecule has 7 nitrogen and oxygen atoms in total. The lowest BCUT2D eigenvalue weighted by Gasteiger charge is -2.32. The third-order valence-corrected chi connectivity index (χ3v) is 4.82. The molecule has 0 radical (unpaired) electrons. The normalized spacial score (nSPS) is 14.4. The standard InChI is InChI=1S/C22H23N5O2/c1-26-13-15-27(16-14-26)21-12-11-19(24-25-21)22(28)23-18-9-5-6-10-20(18)29-17-7-3-2-4-8-17/h2-12H,13-16H2,1H3,(H,23,28). The van der Waals surface area contributed by atoms with Crippen LogP contribution < -0.4 is 15.0 Å². The highest BCUT2D eigenvalue weighted by molar-refractivity contribution is 6.03. The molecule has 1 saturated heterocycles. The Bertz CT molecular complexity index is 954. The molecule has 2 aromatic carbocycles. The summed E-state index contributed by atoms with van der Waals surface area (Å²) in [4.78, 5) is 17.1. The van der Waals surface area contributed by atoms with E-state index in [1.54, 1.807) is 12.1 Å². The van der Waals surface area contributed by atoms with Gasteiger partial charge in [-0.05, 0) is 43.4 Å². The van der Waals surface area contributed by atoms with Crippen LogP contribution in [0.2, 0.25) is 0 Å². The second-order valence-corrected chi connectivity index (χ2v) is 6.93. The van der Waals surface area contributed by atoms with Crippen LogP contribution in [-0.2, 0) is 0 Å². The number of hydrogen-bond donors (Lipinski definition) is 1. The van der Waals surface area contributed by atoms with Crippen molar-refractivity contribution >= 4 is 17.4 Å². The molecule has 0 unspecified atom stereocenters. The Morgan fingerprint density at radius 3 is 2.34 bits per heavy atom. The molecule has 148 valence electrons. The molecule has 2 heterocycles. The van der Waals surface area contributed by atoms with Crippen LogP contribution in [0.4, 0.5) is 11.5 Å². The number of amides is 1. The highest BCUT2D eigenvalue weighted by Crippen LogP contribution is 2.29. The van der Waals surface area contributed by atoms with E-state index >= 15 is 0 Å². The Morgan fingerprint density at radius 2 is 1.62 bits per heavy atom. The van der Waals surface area contributed by atoms with Gasteiger partial charge in [-0.2, -0.15) is 0 Å². The first-order valence-corrected chi connectivity index (χ1v) is 9.59. The number of carbonyl (C=O) groups excluding carboxylic acids is 1. The Labute approximate surface area is 169 Å². The summed E-state index contributed by atoms with van der Waals surface area (Å²) in [5.74, 6) is 1.73. The minimum atomic E-state index is -0.327. The number of carbonyl (C=O) groups is 1. The zero-order valence-corrected chi connectivity index (χ0v) is 16.3. The van der Waals surface area contributed by atoms with E-state index in [1.165, 1.54) is 0 Å². The Balaban J connectivity index is 1.44. The smallest absolute Gasteiger partial charge is 0.276 e. The van der Waals surface area contributed by atoms with Gasteiger partial charge in [0, 0.05) is 26.2 Å². The van der Waals surface area contributed by atoms with E-state index in [2.05, 4.69) is 32.4 Å². The number of likely N-dealkylation sites (N-methyl/N-ethyl adjacent to an activating group) is 1. The molecule has 1 amide bonds. The van der Waals surface area contributed by atoms with Crippen LogP contribution in [0.1, 0.15) is 10.5 Å². The van der Waals surface area contributed by atoms with Gasteiger partial charge in [0.05, 0.1) is 5.69 Å². The monoisotopic (exact) mass is 389 g/mol. The quantitative estimate of drug-likeness (QED) is 0.722. The maximum Gasteiger partial charge on any atom is 0.276 e. The van der Waals surface area contributed by atoms with Crippen molar-refractivity contribution in [3.8, 4) is 11.5 Å². The molecule has 0 aliphatic carbocycles. The molecule has 1 aromatic heterocycles. The predicted molar refractivity (Wildman–Crippen MR) is 113 cm³/mol. The molecule has 7 heteroatoms. The number of benzene rings is 2. The fraction of sp³-hybridized carbons (Fsp3) is 0.227. The van der Waals surface area contributed by atoms with Gasteiger partial charge in [-0.15, -0.1) is 10.2 Å². The average Bonchev–Trinajstić information content (AvgIpc) is 2.76. The molecule has 0 atom stereocenters. The average molecular weight is 389 g/mol. The highest BCUT2D eigenvalue weighted by Gasteiger charge is 2.17. The minimum Gasteiger partial charge on any atom is -0.455 e. The third-order valence-electron chi connectivity index (χ3n) is 4.82. The molecule has 1 aliphatic heterocycles. The van der Waals surface area contributed by atoms with Crippen molar-refractivity contribution in [2.24, 2.45) is 0 Å². The zero-order valence-electron chi connectivity index (χ0n) is 16.3. The maximum atomic E-state index is 12.7. The third kappa shape index (κ3) is 4.70. The predicted octanol–water partition coefficient (Wildman–Crippen LogP) is 3.27. The van der Waals surface area contributed by atoms with E-state index < -0.39 is 0 Å². The zero-order chi connectivity index (χ0) is 20.1. The van der Waals surface area contributed by atoms with E-state index in [0.717, 1.165) is 32.0 Å². The van der Waals surface area contributed by atoms with Gasteiger partial charge < -0.3 is 19.9 Å². The van der Waals surface area contributed by atoms with E-state index in [-0.39, 0.29) is 11.6 Å². The summed E-state index contributed by atoms with van der Waals surface area (Å²) in [6, 6.07) is 20.3. The molecular weight excluding hydrogens is 366 g/mol. The number of anilines is 2. The maximum absolute atomic E-state index is 12.7. The largest absolute Gasteiger partial charge is 0.455 e. The molecule has 1 N–H and O–H groups in total. The fourth-order valence-corrected chi connectivity index (χ4v) is 3.11. The SMILES string of the molecule is CN1CCN(c2ccc(C(=O)Nc3ccccc3Oc3ccccc3)nn2)CC1. The summed E-state index contributed by atoms with van der Waals surface area (Å²) in [6.45, 7) is 3.78. The van der Waals surface area contributed by atoms with Crippen LogP contribution >= 0.6 is 0 Å². The van der Waals surface area contributed by atoms with Gasteiger partial charge in [-0.1, -0.05) is 30.3 Å². The Morgan fingerprint density at radius 1 is 0.897 bits per heavy atom. The summed E-state index contributed by atoms with van der Waals surface area (Å²) in [6.07, 6.45) is 0. The molecule has 3 aromatic rings. The molecular formula is C22H23N5O2. The van der Waals surface area contributed by atoms with Crippen molar-refractivity contribution in [3.63, 3.8) is 0 Å². The van der Waals surface area contributed by atoms with Crippen LogP contribution in [0.25, 0.3) is 0 Å². The number of aromatic nitrogens is 2. The van der Waals surface area contributed by atoms with Crippen molar-refractivity contribution in [2.45, 2.75) is 0 Å². The van der Waals surface area contributed by atoms with Crippen LogP contribution in [0.15, 0.2) is 66.7 Å². The van der Waals surface area contributed by atoms with Gasteiger partial charge in [0.2, 0.25) is 0 Å². The molecule has 0 saturated carbocycles. The van der Waals surface area contributed by atoms with Gasteiger partial charge in [0.15, 0.2) is 17.3 Å². The number of rotatable bonds is 5. The Hall–Kier alpha value is -3.45. The lowest BCUT2D eigenvalue weighted by atomic mass is 10.2. The number of piperazine rings is 1. The van der Waals surface area contributed by atoms with Crippen molar-refractivity contribution in [1.82, 2.24) is 15.1 Å². The van der Waals surface area contributed by atoms with E-state index in [4.69, 9.17) is 4.74 Å². The molecule has 29 heavy (non-hydrogen) atoms. The van der Waals surface area contributed by atoms with Crippen molar-refractivity contribution in [1.29, 1.82) is 0 Å². The first-order chi connectivity index (χ1) is 14.2. The molecule has 1 fully saturated rings. The van der Waals surface area contributed by atoms with Crippen molar-refractivity contribution < 1.29 is 9.53 Å². The van der Waals surface area contributed by atoms with E-state index in [0.29, 0.717) is 17.2 Å². The van der Waals surface area contributed by atoms with Crippen LogP contribution in [0.3, 0.4) is 0 Å². The van der Waals surface area contributed by atoms with Crippen LogP contribution in [0, 0.1) is 0 Å². The van der Waals surface area contributed by atoms with Gasteiger partial charge in [0.1, 0.15) is 5.75 Å². The molecule has 0 bridgehead atoms. The van der Waals surface area contributed by atoms with Gasteiger partial charge in [0.25, 0.3) is 5.91 Å². The number of nitrogens with zero attached hydrogens (tertiary/aromatic N) is 4. The topological polar surface area (TPSA) is 70.6 Å². The first kappa shape index (κ1) is 18.9. The summed E-state index contributed by atoms with van der Waals surface area (Å²) >= 11 is 0. The second-order valence-electron chi connectivity index (χ2n) is 6.93. The van der Waals surface area contributed by atoms with Gasteiger partial charge in [-0.3, -0.25) is 4.79 Å². The van der Waals surface area contributed by atoms with E-state index in [1.807, 2.05) is 54.6 Å². The molecule has 1 aliphatic rings. The summed E-state index contributed by atoms with van der Waals surface area (Å²) in [5.41, 5.74) is 0.837. The summed E-state index contributed by atoms with van der Waals surface area (Å²) < 4.78 is 5.89. The molecule has 0 spiro atoms. The van der Waals surface area contributed by atoms with Crippen LogP contribution in [-0.4, -0.2) is 54.2 Å². The lowest BCUT2D eigenvalue weighted by molar-refractivity contribution is 0.102. The van der Waals surface area contributed by atoms with Crippen molar-refractivity contribution in [2.75, 3.05) is 43.4 Å². The minimum absolute atomic E-state index is 0.261. The Kier molecular flexibility index (Phi) is 5.67. The second kappa shape index (κ2) is 8.70. The van der Waals surface area contributed by atoms with Gasteiger partial charge >= 0.3 is 0 Å². The van der Waals surface area contributed by atoms with E-state index in [9.17, 15) is 4.79 Å². The summed E-state index contributed by atoms with van der Waals surface area (Å²) in [7, 11) is 2.11.